The Morgan fingerprint density at radius 1 is 1.24 bits per heavy atom. The van der Waals surface area contributed by atoms with Crippen molar-refractivity contribution in [3.05, 3.63) is 54.1 Å². The van der Waals surface area contributed by atoms with Crippen LogP contribution >= 0.6 is 0 Å². The molecule has 1 fully saturated rings. The maximum absolute atomic E-state index is 13.0. The van der Waals surface area contributed by atoms with Crippen LogP contribution in [0, 0.1) is 0 Å². The van der Waals surface area contributed by atoms with E-state index in [9.17, 15) is 22.8 Å². The molecule has 11 heteroatoms. The van der Waals surface area contributed by atoms with E-state index in [2.05, 4.69) is 10.0 Å². The second kappa shape index (κ2) is 9.92. The minimum absolute atomic E-state index is 0.0172. The van der Waals surface area contributed by atoms with E-state index >= 15 is 0 Å². The second-order valence-electron chi connectivity index (χ2n) is 8.05. The third-order valence-electron chi connectivity index (χ3n) is 5.57. The van der Waals surface area contributed by atoms with Gasteiger partial charge < -0.3 is 14.8 Å². The number of amides is 2. The summed E-state index contributed by atoms with van der Waals surface area (Å²) in [6.45, 7) is 1.95. The van der Waals surface area contributed by atoms with Gasteiger partial charge in [-0.05, 0) is 50.1 Å². The van der Waals surface area contributed by atoms with Crippen molar-refractivity contribution in [2.45, 2.75) is 36.9 Å². The number of anilines is 2. The van der Waals surface area contributed by atoms with Crippen LogP contribution in [-0.4, -0.2) is 58.1 Å². The Labute approximate surface area is 197 Å². The number of ether oxygens (including phenoxy) is 2. The Bertz CT molecular complexity index is 1210. The van der Waals surface area contributed by atoms with Gasteiger partial charge in [0.2, 0.25) is 15.9 Å². The molecule has 1 saturated heterocycles. The van der Waals surface area contributed by atoms with Gasteiger partial charge in [-0.15, -0.1) is 0 Å². The smallest absolute Gasteiger partial charge is 0.338 e. The highest BCUT2D eigenvalue weighted by Crippen LogP contribution is 2.29. The maximum atomic E-state index is 13.0. The number of fused-ring (bicyclic) bond motifs is 1. The van der Waals surface area contributed by atoms with E-state index in [1.54, 1.807) is 24.3 Å². The molecule has 2 amide bonds. The third-order valence-corrected chi connectivity index (χ3v) is 6.99. The molecule has 4 rings (SSSR count). The molecule has 2 aliphatic heterocycles. The van der Waals surface area contributed by atoms with Gasteiger partial charge in [-0.3, -0.25) is 14.5 Å². The fourth-order valence-corrected chi connectivity index (χ4v) is 4.92. The van der Waals surface area contributed by atoms with Crippen LogP contribution in [0.1, 0.15) is 30.1 Å². The molecule has 34 heavy (non-hydrogen) atoms. The molecule has 0 aliphatic carbocycles. The molecular formula is C23H25N3O7S. The standard InChI is InChI=1S/C23H25N3O7S/c1-15(22(28)26-14-21(27)25-19-9-2-3-10-20(19)26)33-23(29)16-6-4-8-18(12-16)34(30,31)24-13-17-7-5-11-32-17/h2-4,6,8-10,12,15,17,24H,5,7,11,13-14H2,1H3,(H,25,27)/t15-,17+/m1/s1. The number of sulfonamides is 1. The zero-order chi connectivity index (χ0) is 24.3. The number of carbonyl (C=O) groups excluding carboxylic acids is 3. The fourth-order valence-electron chi connectivity index (χ4n) is 3.81. The largest absolute Gasteiger partial charge is 0.449 e. The van der Waals surface area contributed by atoms with E-state index in [-0.39, 0.29) is 35.6 Å². The predicted molar refractivity (Wildman–Crippen MR) is 123 cm³/mol. The SMILES string of the molecule is C[C@@H](OC(=O)c1cccc(S(=O)(=O)NC[C@@H]2CCCO2)c1)C(=O)N1CC(=O)Nc2ccccc21. The predicted octanol–water partition coefficient (Wildman–Crippen LogP) is 1.67. The van der Waals surface area contributed by atoms with E-state index < -0.39 is 28.0 Å². The van der Waals surface area contributed by atoms with E-state index in [0.717, 1.165) is 12.8 Å². The normalized spacial score (nSPS) is 18.7. The lowest BCUT2D eigenvalue weighted by atomic mass is 10.1. The molecule has 0 radical (unpaired) electrons. The third kappa shape index (κ3) is 5.27. The Kier molecular flexibility index (Phi) is 6.96. The quantitative estimate of drug-likeness (QED) is 0.568. The lowest BCUT2D eigenvalue weighted by Crippen LogP contribution is -2.47. The maximum Gasteiger partial charge on any atom is 0.338 e. The van der Waals surface area contributed by atoms with E-state index in [0.29, 0.717) is 18.0 Å². The first kappa shape index (κ1) is 23.9. The van der Waals surface area contributed by atoms with Crippen molar-refractivity contribution >= 4 is 39.2 Å². The van der Waals surface area contributed by atoms with Crippen LogP contribution in [-0.2, 0) is 29.1 Å². The molecule has 2 aromatic carbocycles. The first-order valence-electron chi connectivity index (χ1n) is 10.9. The first-order valence-corrected chi connectivity index (χ1v) is 12.4. The van der Waals surface area contributed by atoms with Crippen LogP contribution in [0.4, 0.5) is 11.4 Å². The van der Waals surface area contributed by atoms with Gasteiger partial charge in [0.15, 0.2) is 6.10 Å². The lowest BCUT2D eigenvalue weighted by molar-refractivity contribution is -0.128. The van der Waals surface area contributed by atoms with Crippen molar-refractivity contribution in [3.8, 4) is 0 Å². The van der Waals surface area contributed by atoms with Gasteiger partial charge in [0, 0.05) is 13.2 Å². The summed E-state index contributed by atoms with van der Waals surface area (Å²) in [5, 5.41) is 2.69. The van der Waals surface area contributed by atoms with E-state index in [4.69, 9.17) is 9.47 Å². The van der Waals surface area contributed by atoms with E-state index in [1.807, 2.05) is 0 Å². The van der Waals surface area contributed by atoms with Crippen LogP contribution in [0.25, 0.3) is 0 Å². The summed E-state index contributed by atoms with van der Waals surface area (Å²) >= 11 is 0. The van der Waals surface area contributed by atoms with E-state index in [1.165, 1.54) is 36.1 Å². The average molecular weight is 488 g/mol. The van der Waals surface area contributed by atoms with Crippen molar-refractivity contribution in [2.75, 3.05) is 29.9 Å². The summed E-state index contributed by atoms with van der Waals surface area (Å²) in [7, 11) is -3.86. The summed E-state index contributed by atoms with van der Waals surface area (Å²) in [4.78, 5) is 38.8. The highest BCUT2D eigenvalue weighted by atomic mass is 32.2. The highest BCUT2D eigenvalue weighted by molar-refractivity contribution is 7.89. The zero-order valence-electron chi connectivity index (χ0n) is 18.5. The number of nitrogens with one attached hydrogen (secondary N) is 2. The molecule has 2 atom stereocenters. The number of carbonyl (C=O) groups is 3. The first-order chi connectivity index (χ1) is 16.2. The molecule has 10 nitrogen and oxygen atoms in total. The summed E-state index contributed by atoms with van der Waals surface area (Å²) in [5.74, 6) is -1.79. The number of rotatable bonds is 7. The van der Waals surface area contributed by atoms with Gasteiger partial charge in [0.05, 0.1) is 27.9 Å². The van der Waals surface area contributed by atoms with Crippen molar-refractivity contribution in [3.63, 3.8) is 0 Å². The molecule has 0 aromatic heterocycles. The van der Waals surface area contributed by atoms with Crippen LogP contribution < -0.4 is 14.9 Å². The van der Waals surface area contributed by atoms with Crippen molar-refractivity contribution in [1.82, 2.24) is 4.72 Å². The Morgan fingerprint density at radius 2 is 2.03 bits per heavy atom. The molecule has 2 aliphatic rings. The second-order valence-corrected chi connectivity index (χ2v) is 9.82. The molecule has 0 unspecified atom stereocenters. The van der Waals surface area contributed by atoms with Crippen LogP contribution in [0.3, 0.4) is 0 Å². The summed E-state index contributed by atoms with van der Waals surface area (Å²) in [5.41, 5.74) is 0.968. The van der Waals surface area contributed by atoms with Gasteiger partial charge in [0.25, 0.3) is 5.91 Å². The Balaban J connectivity index is 1.43. The molecule has 2 aromatic rings. The number of hydrogen-bond acceptors (Lipinski definition) is 7. The highest BCUT2D eigenvalue weighted by Gasteiger charge is 2.31. The summed E-state index contributed by atoms with van der Waals surface area (Å²) < 4.78 is 38.5. The average Bonchev–Trinajstić information content (AvgIpc) is 3.35. The van der Waals surface area contributed by atoms with Gasteiger partial charge >= 0.3 is 5.97 Å². The zero-order valence-corrected chi connectivity index (χ0v) is 19.3. The van der Waals surface area contributed by atoms with Crippen LogP contribution in [0.2, 0.25) is 0 Å². The molecule has 0 bridgehead atoms. The van der Waals surface area contributed by atoms with Crippen molar-refractivity contribution in [2.24, 2.45) is 0 Å². The van der Waals surface area contributed by atoms with Gasteiger partial charge in [0.1, 0.15) is 6.54 Å². The van der Waals surface area contributed by atoms with Gasteiger partial charge in [-0.1, -0.05) is 18.2 Å². The van der Waals surface area contributed by atoms with Gasteiger partial charge in [-0.2, -0.15) is 0 Å². The number of nitrogens with zero attached hydrogens (tertiary/aromatic N) is 1. The monoisotopic (exact) mass is 487 g/mol. The number of esters is 1. The number of para-hydroxylation sites is 2. The van der Waals surface area contributed by atoms with Crippen molar-refractivity contribution < 1.29 is 32.3 Å². The van der Waals surface area contributed by atoms with Crippen molar-refractivity contribution in [1.29, 1.82) is 0 Å². The van der Waals surface area contributed by atoms with Gasteiger partial charge in [-0.25, -0.2) is 17.9 Å². The number of benzene rings is 2. The summed E-state index contributed by atoms with van der Waals surface area (Å²) in [6, 6.07) is 12.2. The topological polar surface area (TPSA) is 131 Å². The Morgan fingerprint density at radius 3 is 2.79 bits per heavy atom. The molecule has 180 valence electrons. The minimum Gasteiger partial charge on any atom is -0.449 e. The number of hydrogen-bond donors (Lipinski definition) is 2. The Hall–Kier alpha value is -3.28. The lowest BCUT2D eigenvalue weighted by Gasteiger charge is -2.30. The summed E-state index contributed by atoms with van der Waals surface area (Å²) in [6.07, 6.45) is 0.295. The van der Waals surface area contributed by atoms with Crippen LogP contribution in [0.5, 0.6) is 0 Å². The molecule has 2 N–H and O–H groups in total. The molecule has 2 heterocycles. The molecule has 0 spiro atoms. The molecule has 0 saturated carbocycles. The molecular weight excluding hydrogens is 462 g/mol. The van der Waals surface area contributed by atoms with Crippen LogP contribution in [0.15, 0.2) is 53.4 Å². The fraction of sp³-hybridized carbons (Fsp3) is 0.348. The minimum atomic E-state index is -3.86.